The molecule has 0 fully saturated rings. The van der Waals surface area contributed by atoms with Gasteiger partial charge >= 0.3 is 12.0 Å². The average Bonchev–Trinajstić information content (AvgIpc) is 2.42. The van der Waals surface area contributed by atoms with E-state index in [-0.39, 0.29) is 19.2 Å². The largest absolute Gasteiger partial charge is 0.480 e. The highest BCUT2D eigenvalue weighted by Crippen LogP contribution is 2.18. The Morgan fingerprint density at radius 3 is 2.19 bits per heavy atom. The molecule has 1 aromatic rings. The summed E-state index contributed by atoms with van der Waals surface area (Å²) in [5, 5.41) is 18.1. The summed E-state index contributed by atoms with van der Waals surface area (Å²) < 4.78 is 0. The number of urea groups is 1. The lowest BCUT2D eigenvalue weighted by Crippen LogP contribution is -2.49. The number of hydrogen-bond acceptors (Lipinski definition) is 3. The molecule has 0 atom stereocenters. The summed E-state index contributed by atoms with van der Waals surface area (Å²) in [7, 11) is 0. The van der Waals surface area contributed by atoms with Gasteiger partial charge in [0.1, 0.15) is 6.54 Å². The highest BCUT2D eigenvalue weighted by Gasteiger charge is 2.25. The topological polar surface area (TPSA) is 81.1 Å². The van der Waals surface area contributed by atoms with Crippen LogP contribution in [0.15, 0.2) is 24.3 Å². The highest BCUT2D eigenvalue weighted by molar-refractivity contribution is 5.96. The number of aliphatic hydroxyl groups is 1. The van der Waals surface area contributed by atoms with Gasteiger partial charge in [-0.3, -0.25) is 9.69 Å². The van der Waals surface area contributed by atoms with E-state index in [0.717, 1.165) is 5.56 Å². The first-order valence-corrected chi connectivity index (χ1v) is 6.84. The van der Waals surface area contributed by atoms with Gasteiger partial charge in [0.05, 0.1) is 6.61 Å². The molecule has 0 aromatic heterocycles. The van der Waals surface area contributed by atoms with Crippen molar-refractivity contribution in [2.24, 2.45) is 0 Å². The van der Waals surface area contributed by atoms with Crippen LogP contribution in [0.5, 0.6) is 0 Å². The Morgan fingerprint density at radius 2 is 1.76 bits per heavy atom. The molecule has 0 heterocycles. The number of hydrogen-bond donors (Lipinski definition) is 2. The van der Waals surface area contributed by atoms with Crippen molar-refractivity contribution in [1.29, 1.82) is 0 Å². The van der Waals surface area contributed by atoms with Gasteiger partial charge in [0.15, 0.2) is 0 Å². The molecule has 1 rings (SSSR count). The van der Waals surface area contributed by atoms with Crippen molar-refractivity contribution in [3.63, 3.8) is 0 Å². The van der Waals surface area contributed by atoms with Crippen LogP contribution in [-0.2, 0) is 4.79 Å². The highest BCUT2D eigenvalue weighted by atomic mass is 16.4. The summed E-state index contributed by atoms with van der Waals surface area (Å²) in [5.41, 5.74) is 1.55. The monoisotopic (exact) mass is 294 g/mol. The molecule has 6 heteroatoms. The molecule has 0 aliphatic rings. The zero-order valence-electron chi connectivity index (χ0n) is 12.6. The van der Waals surface area contributed by atoms with E-state index in [1.807, 2.05) is 32.9 Å². The first-order chi connectivity index (χ1) is 9.86. The lowest BCUT2D eigenvalue weighted by atomic mass is 10.2. The van der Waals surface area contributed by atoms with Gasteiger partial charge < -0.3 is 15.1 Å². The molecular weight excluding hydrogens is 272 g/mol. The molecule has 2 amide bonds. The number of carbonyl (C=O) groups excluding carboxylic acids is 1. The fraction of sp³-hybridized carbons (Fsp3) is 0.467. The molecule has 0 aliphatic heterocycles. The van der Waals surface area contributed by atoms with E-state index in [9.17, 15) is 9.59 Å². The van der Waals surface area contributed by atoms with E-state index in [0.29, 0.717) is 5.69 Å². The Kier molecular flexibility index (Phi) is 6.17. The number of carboxylic acid groups (broad SMARTS) is 1. The fourth-order valence-electron chi connectivity index (χ4n) is 1.97. The normalized spacial score (nSPS) is 10.5. The van der Waals surface area contributed by atoms with Gasteiger partial charge in [0.25, 0.3) is 0 Å². The molecule has 1 aromatic carbocycles. The zero-order chi connectivity index (χ0) is 16.0. The molecule has 0 saturated carbocycles. The quantitative estimate of drug-likeness (QED) is 0.837. The summed E-state index contributed by atoms with van der Waals surface area (Å²) in [4.78, 5) is 26.3. The molecule has 0 spiro atoms. The number of aliphatic hydroxyl groups excluding tert-OH is 1. The van der Waals surface area contributed by atoms with Gasteiger partial charge in [-0.15, -0.1) is 0 Å². The SMILES string of the molecule is Cc1ccc(N(CC(=O)O)C(=O)N(CCO)C(C)C)cc1. The van der Waals surface area contributed by atoms with Crippen LogP contribution in [0.3, 0.4) is 0 Å². The zero-order valence-corrected chi connectivity index (χ0v) is 12.6. The first kappa shape index (κ1) is 17.0. The molecule has 0 aliphatic carbocycles. The predicted molar refractivity (Wildman–Crippen MR) is 80.5 cm³/mol. The number of carbonyl (C=O) groups is 2. The van der Waals surface area contributed by atoms with E-state index in [2.05, 4.69) is 0 Å². The first-order valence-electron chi connectivity index (χ1n) is 6.84. The second-order valence-corrected chi connectivity index (χ2v) is 5.11. The molecule has 0 radical (unpaired) electrons. The van der Waals surface area contributed by atoms with Crippen molar-refractivity contribution < 1.29 is 19.8 Å². The second kappa shape index (κ2) is 7.64. The summed E-state index contributed by atoms with van der Waals surface area (Å²) in [5.74, 6) is -1.09. The van der Waals surface area contributed by atoms with Gasteiger partial charge in [-0.05, 0) is 32.9 Å². The third-order valence-electron chi connectivity index (χ3n) is 3.08. The summed E-state index contributed by atoms with van der Waals surface area (Å²) in [6.45, 7) is 5.14. The van der Waals surface area contributed by atoms with Gasteiger partial charge in [-0.1, -0.05) is 17.7 Å². The fourth-order valence-corrected chi connectivity index (χ4v) is 1.97. The van der Waals surface area contributed by atoms with Crippen LogP contribution < -0.4 is 4.90 Å². The van der Waals surface area contributed by atoms with E-state index in [4.69, 9.17) is 10.2 Å². The summed E-state index contributed by atoms with van der Waals surface area (Å²) >= 11 is 0. The van der Waals surface area contributed by atoms with Crippen molar-refractivity contribution in [3.05, 3.63) is 29.8 Å². The van der Waals surface area contributed by atoms with Crippen LogP contribution in [0.1, 0.15) is 19.4 Å². The van der Waals surface area contributed by atoms with Crippen molar-refractivity contribution in [2.45, 2.75) is 26.8 Å². The standard InChI is InChI=1S/C15H22N2O4/c1-11(2)16(8-9-18)15(21)17(10-14(19)20)13-6-4-12(3)5-7-13/h4-7,11,18H,8-10H2,1-3H3,(H,19,20). The van der Waals surface area contributed by atoms with Crippen LogP contribution in [0, 0.1) is 6.92 Å². The lowest BCUT2D eigenvalue weighted by Gasteiger charge is -2.32. The number of aliphatic carboxylic acids is 1. The van der Waals surface area contributed by atoms with Gasteiger partial charge in [0, 0.05) is 18.3 Å². The Balaban J connectivity index is 3.08. The number of aryl methyl sites for hydroxylation is 1. The maximum atomic E-state index is 12.6. The minimum Gasteiger partial charge on any atom is -0.480 e. The minimum absolute atomic E-state index is 0.133. The molecule has 116 valence electrons. The van der Waals surface area contributed by atoms with Gasteiger partial charge in [-0.25, -0.2) is 4.79 Å². The maximum absolute atomic E-state index is 12.6. The van der Waals surface area contributed by atoms with Crippen LogP contribution in [0.25, 0.3) is 0 Å². The Hall–Kier alpha value is -2.08. The Bertz CT molecular complexity index is 485. The average molecular weight is 294 g/mol. The molecule has 0 saturated heterocycles. The lowest BCUT2D eigenvalue weighted by molar-refractivity contribution is -0.135. The van der Waals surface area contributed by atoms with E-state index < -0.39 is 18.5 Å². The molecular formula is C15H22N2O4. The second-order valence-electron chi connectivity index (χ2n) is 5.11. The number of carboxylic acids is 1. The van der Waals surface area contributed by atoms with Gasteiger partial charge in [-0.2, -0.15) is 0 Å². The van der Waals surface area contributed by atoms with E-state index in [1.54, 1.807) is 12.1 Å². The molecule has 0 unspecified atom stereocenters. The van der Waals surface area contributed by atoms with Crippen molar-refractivity contribution >= 4 is 17.7 Å². The van der Waals surface area contributed by atoms with Crippen LogP contribution in [0.4, 0.5) is 10.5 Å². The number of rotatable bonds is 6. The van der Waals surface area contributed by atoms with Gasteiger partial charge in [0.2, 0.25) is 0 Å². The number of nitrogens with zero attached hydrogens (tertiary/aromatic N) is 2. The van der Waals surface area contributed by atoms with Crippen molar-refractivity contribution in [1.82, 2.24) is 4.90 Å². The summed E-state index contributed by atoms with van der Waals surface area (Å²) in [6.07, 6.45) is 0. The maximum Gasteiger partial charge on any atom is 0.325 e. The summed E-state index contributed by atoms with van der Waals surface area (Å²) in [6, 6.07) is 6.52. The van der Waals surface area contributed by atoms with Crippen LogP contribution >= 0.6 is 0 Å². The molecule has 6 nitrogen and oxygen atoms in total. The Morgan fingerprint density at radius 1 is 1.19 bits per heavy atom. The Labute approximate surface area is 124 Å². The third kappa shape index (κ3) is 4.75. The smallest absolute Gasteiger partial charge is 0.325 e. The predicted octanol–water partition coefficient (Wildman–Crippen LogP) is 1.71. The van der Waals surface area contributed by atoms with Crippen LogP contribution in [0.2, 0.25) is 0 Å². The van der Waals surface area contributed by atoms with Crippen LogP contribution in [-0.4, -0.2) is 52.9 Å². The number of benzene rings is 1. The minimum atomic E-state index is -1.09. The third-order valence-corrected chi connectivity index (χ3v) is 3.08. The molecule has 21 heavy (non-hydrogen) atoms. The van der Waals surface area contributed by atoms with Crippen molar-refractivity contribution in [2.75, 3.05) is 24.6 Å². The molecule has 2 N–H and O–H groups in total. The number of amides is 2. The molecule has 0 bridgehead atoms. The van der Waals surface area contributed by atoms with E-state index >= 15 is 0 Å². The van der Waals surface area contributed by atoms with Crippen molar-refractivity contribution in [3.8, 4) is 0 Å². The van der Waals surface area contributed by atoms with E-state index in [1.165, 1.54) is 9.80 Å². The number of anilines is 1.